The summed E-state index contributed by atoms with van der Waals surface area (Å²) in [7, 11) is 0. The number of aromatic nitrogens is 1. The Bertz CT molecular complexity index is 736. The molecule has 20 heavy (non-hydrogen) atoms. The van der Waals surface area contributed by atoms with Gasteiger partial charge in [0.15, 0.2) is 5.11 Å². The molecule has 1 aromatic heterocycles. The molecule has 1 heterocycles. The predicted octanol–water partition coefficient (Wildman–Crippen LogP) is 4.04. The van der Waals surface area contributed by atoms with Crippen LogP contribution in [0.15, 0.2) is 67.0 Å². The lowest BCUT2D eigenvalue weighted by Gasteiger charge is -2.12. The number of para-hydroxylation sites is 1. The van der Waals surface area contributed by atoms with Crippen molar-refractivity contribution in [1.82, 2.24) is 4.98 Å². The summed E-state index contributed by atoms with van der Waals surface area (Å²) in [5, 5.41) is 9.14. The molecular formula is C16H13N3S. The van der Waals surface area contributed by atoms with Gasteiger partial charge in [0.1, 0.15) is 0 Å². The third-order valence-electron chi connectivity index (χ3n) is 2.96. The van der Waals surface area contributed by atoms with Crippen molar-refractivity contribution in [2.45, 2.75) is 0 Å². The Labute approximate surface area is 122 Å². The van der Waals surface area contributed by atoms with E-state index in [9.17, 15) is 0 Å². The second kappa shape index (κ2) is 5.67. The number of nitrogens with zero attached hydrogens (tertiary/aromatic N) is 1. The first-order chi connectivity index (χ1) is 9.83. The van der Waals surface area contributed by atoms with E-state index in [2.05, 4.69) is 15.6 Å². The number of anilines is 2. The normalized spacial score (nSPS) is 10.2. The molecule has 3 aromatic rings. The van der Waals surface area contributed by atoms with E-state index in [1.807, 2.05) is 60.8 Å². The van der Waals surface area contributed by atoms with Gasteiger partial charge in [-0.05, 0) is 36.5 Å². The molecule has 0 atom stereocenters. The maximum atomic E-state index is 5.34. The van der Waals surface area contributed by atoms with E-state index < -0.39 is 0 Å². The number of thiocarbonyl (C=S) groups is 1. The van der Waals surface area contributed by atoms with Gasteiger partial charge < -0.3 is 10.6 Å². The summed E-state index contributed by atoms with van der Waals surface area (Å²) >= 11 is 5.34. The number of pyridine rings is 1. The molecule has 2 aromatic carbocycles. The lowest BCUT2D eigenvalue weighted by Crippen LogP contribution is -2.19. The number of nitrogens with one attached hydrogen (secondary N) is 2. The van der Waals surface area contributed by atoms with Gasteiger partial charge in [0.05, 0.1) is 0 Å². The van der Waals surface area contributed by atoms with Crippen molar-refractivity contribution in [1.29, 1.82) is 0 Å². The summed E-state index contributed by atoms with van der Waals surface area (Å²) in [6, 6.07) is 17.8. The molecule has 0 unspecified atom stereocenters. The van der Waals surface area contributed by atoms with Gasteiger partial charge in [0, 0.05) is 34.5 Å². The van der Waals surface area contributed by atoms with Crippen molar-refractivity contribution in [3.63, 3.8) is 0 Å². The van der Waals surface area contributed by atoms with Gasteiger partial charge >= 0.3 is 0 Å². The van der Waals surface area contributed by atoms with Crippen LogP contribution in [0, 0.1) is 0 Å². The molecule has 0 spiro atoms. The van der Waals surface area contributed by atoms with Gasteiger partial charge in [-0.15, -0.1) is 0 Å². The molecule has 0 radical (unpaired) electrons. The van der Waals surface area contributed by atoms with Crippen molar-refractivity contribution < 1.29 is 0 Å². The summed E-state index contributed by atoms with van der Waals surface area (Å²) in [4.78, 5) is 4.12. The molecule has 3 rings (SSSR count). The number of rotatable bonds is 2. The average molecular weight is 279 g/mol. The first kappa shape index (κ1) is 12.6. The molecule has 2 N–H and O–H groups in total. The van der Waals surface area contributed by atoms with E-state index in [4.69, 9.17) is 12.2 Å². The summed E-state index contributed by atoms with van der Waals surface area (Å²) in [6.45, 7) is 0. The van der Waals surface area contributed by atoms with Crippen molar-refractivity contribution in [3.8, 4) is 0 Å². The average Bonchev–Trinajstić information content (AvgIpc) is 2.48. The minimum Gasteiger partial charge on any atom is -0.332 e. The van der Waals surface area contributed by atoms with Crippen molar-refractivity contribution in [2.75, 3.05) is 10.6 Å². The van der Waals surface area contributed by atoms with Gasteiger partial charge in [-0.3, -0.25) is 4.98 Å². The zero-order chi connectivity index (χ0) is 13.8. The van der Waals surface area contributed by atoms with Crippen LogP contribution in [-0.4, -0.2) is 10.1 Å². The van der Waals surface area contributed by atoms with Crippen molar-refractivity contribution >= 4 is 39.5 Å². The monoisotopic (exact) mass is 279 g/mol. The Hall–Kier alpha value is -2.46. The van der Waals surface area contributed by atoms with Crippen LogP contribution < -0.4 is 10.6 Å². The van der Waals surface area contributed by atoms with Gasteiger partial charge in [0.2, 0.25) is 0 Å². The lowest BCUT2D eigenvalue weighted by molar-refractivity contribution is 1.36. The van der Waals surface area contributed by atoms with Gasteiger partial charge in [0.25, 0.3) is 0 Å². The van der Waals surface area contributed by atoms with Crippen molar-refractivity contribution in [2.24, 2.45) is 0 Å². The van der Waals surface area contributed by atoms with Crippen LogP contribution in [0.1, 0.15) is 0 Å². The number of hydrogen-bond donors (Lipinski definition) is 2. The van der Waals surface area contributed by atoms with Crippen LogP contribution in [0.25, 0.3) is 10.8 Å². The minimum absolute atomic E-state index is 0.570. The van der Waals surface area contributed by atoms with E-state index in [1.165, 1.54) is 0 Å². The summed E-state index contributed by atoms with van der Waals surface area (Å²) in [5.74, 6) is 0. The largest absolute Gasteiger partial charge is 0.332 e. The molecule has 0 saturated carbocycles. The van der Waals surface area contributed by atoms with Crippen LogP contribution in [0.5, 0.6) is 0 Å². The van der Waals surface area contributed by atoms with E-state index in [0.29, 0.717) is 5.11 Å². The smallest absolute Gasteiger partial charge is 0.175 e. The van der Waals surface area contributed by atoms with Crippen LogP contribution in [0.2, 0.25) is 0 Å². The first-order valence-corrected chi connectivity index (χ1v) is 6.69. The molecule has 0 amide bonds. The van der Waals surface area contributed by atoms with E-state index in [1.54, 1.807) is 6.20 Å². The molecule has 0 aliphatic rings. The van der Waals surface area contributed by atoms with Crippen LogP contribution in [-0.2, 0) is 0 Å². The molecule has 3 nitrogen and oxygen atoms in total. The quantitative estimate of drug-likeness (QED) is 0.694. The first-order valence-electron chi connectivity index (χ1n) is 6.29. The highest BCUT2D eigenvalue weighted by Crippen LogP contribution is 2.22. The molecule has 0 aliphatic heterocycles. The highest BCUT2D eigenvalue weighted by atomic mass is 32.1. The van der Waals surface area contributed by atoms with Crippen LogP contribution >= 0.6 is 12.2 Å². The van der Waals surface area contributed by atoms with E-state index in [0.717, 1.165) is 22.1 Å². The fraction of sp³-hybridized carbons (Fsp3) is 0. The molecule has 0 saturated heterocycles. The number of benzene rings is 2. The topological polar surface area (TPSA) is 37.0 Å². The molecular weight excluding hydrogens is 266 g/mol. The molecule has 0 aliphatic carbocycles. The van der Waals surface area contributed by atoms with Crippen molar-refractivity contribution in [3.05, 3.63) is 67.0 Å². The molecule has 0 fully saturated rings. The Morgan fingerprint density at radius 3 is 2.60 bits per heavy atom. The summed E-state index contributed by atoms with van der Waals surface area (Å²) in [5.41, 5.74) is 1.94. The van der Waals surface area contributed by atoms with Gasteiger partial charge in [-0.25, -0.2) is 0 Å². The number of fused-ring (bicyclic) bond motifs is 1. The predicted molar refractivity (Wildman–Crippen MR) is 88.0 cm³/mol. The minimum atomic E-state index is 0.570. The fourth-order valence-electron chi connectivity index (χ4n) is 2.04. The second-order valence-electron chi connectivity index (χ2n) is 4.35. The third kappa shape index (κ3) is 2.75. The Morgan fingerprint density at radius 1 is 0.900 bits per heavy atom. The maximum absolute atomic E-state index is 5.34. The van der Waals surface area contributed by atoms with Gasteiger partial charge in [-0.2, -0.15) is 0 Å². The Kier molecular flexibility index (Phi) is 3.56. The van der Waals surface area contributed by atoms with Gasteiger partial charge in [-0.1, -0.05) is 30.3 Å². The fourth-order valence-corrected chi connectivity index (χ4v) is 2.27. The summed E-state index contributed by atoms with van der Waals surface area (Å²) < 4.78 is 0. The molecule has 0 bridgehead atoms. The lowest BCUT2D eigenvalue weighted by atomic mass is 10.1. The highest BCUT2D eigenvalue weighted by molar-refractivity contribution is 7.80. The van der Waals surface area contributed by atoms with E-state index in [-0.39, 0.29) is 0 Å². The van der Waals surface area contributed by atoms with Crippen LogP contribution in [0.4, 0.5) is 11.4 Å². The zero-order valence-electron chi connectivity index (χ0n) is 10.7. The van der Waals surface area contributed by atoms with E-state index >= 15 is 0 Å². The standard InChI is InChI=1S/C16H13N3S/c20-16(18-13-6-2-1-3-7-13)19-15-8-4-5-12-11-17-10-9-14(12)15/h1-11H,(H2,18,19,20). The third-order valence-corrected chi connectivity index (χ3v) is 3.16. The Morgan fingerprint density at radius 2 is 1.75 bits per heavy atom. The zero-order valence-corrected chi connectivity index (χ0v) is 11.5. The second-order valence-corrected chi connectivity index (χ2v) is 4.76. The maximum Gasteiger partial charge on any atom is 0.175 e. The highest BCUT2D eigenvalue weighted by Gasteiger charge is 2.02. The Balaban J connectivity index is 1.81. The summed E-state index contributed by atoms with van der Waals surface area (Å²) in [6.07, 6.45) is 3.62. The molecule has 4 heteroatoms. The SMILES string of the molecule is S=C(Nc1ccccc1)Nc1cccc2cnccc12. The molecule has 98 valence electrons. The number of hydrogen-bond acceptors (Lipinski definition) is 2. The van der Waals surface area contributed by atoms with Crippen LogP contribution in [0.3, 0.4) is 0 Å².